The Kier molecular flexibility index (Phi) is 4.18. The molecule has 3 aliphatic rings. The summed E-state index contributed by atoms with van der Waals surface area (Å²) >= 11 is 0. The third-order valence-electron chi connectivity index (χ3n) is 5.80. The number of pyridine rings is 1. The van der Waals surface area contributed by atoms with Crippen molar-refractivity contribution in [2.24, 2.45) is 5.92 Å². The first-order valence-electron chi connectivity index (χ1n) is 10.1. The number of benzene rings is 1. The van der Waals surface area contributed by atoms with Gasteiger partial charge in [-0.25, -0.2) is 22.7 Å². The van der Waals surface area contributed by atoms with E-state index in [1.54, 1.807) is 24.5 Å². The van der Waals surface area contributed by atoms with Crippen LogP contribution in [-0.4, -0.2) is 49.9 Å². The van der Waals surface area contributed by atoms with Gasteiger partial charge in [-0.05, 0) is 23.8 Å². The summed E-state index contributed by atoms with van der Waals surface area (Å²) in [6.45, 7) is 0.359. The zero-order chi connectivity index (χ0) is 22.9. The van der Waals surface area contributed by atoms with Gasteiger partial charge in [0.25, 0.3) is 11.8 Å². The molecular weight excluding hydrogens is 456 g/mol. The SMILES string of the molecule is O=C1C=C(n2ncc3cc(-c4cnc5c(c4)OCCN5C(=O)C4CC4(F)F)ccc32)S(=O)N1. The number of ether oxygens (including phenoxy) is 1. The fourth-order valence-corrected chi connectivity index (χ4v) is 4.87. The largest absolute Gasteiger partial charge is 0.488 e. The summed E-state index contributed by atoms with van der Waals surface area (Å²) in [5.41, 5.74) is 2.16. The van der Waals surface area contributed by atoms with E-state index in [2.05, 4.69) is 14.8 Å². The Morgan fingerprint density at radius 1 is 1.24 bits per heavy atom. The summed E-state index contributed by atoms with van der Waals surface area (Å²) in [4.78, 5) is 29.6. The summed E-state index contributed by atoms with van der Waals surface area (Å²) in [5.74, 6) is -4.73. The summed E-state index contributed by atoms with van der Waals surface area (Å²) in [5, 5.41) is 5.24. The number of hydrogen-bond donors (Lipinski definition) is 1. The molecular formula is C21H15F2N5O4S. The Morgan fingerprint density at radius 3 is 2.79 bits per heavy atom. The number of carbonyl (C=O) groups excluding carboxylic acids is 2. The predicted octanol–water partition coefficient (Wildman–Crippen LogP) is 2.07. The maximum absolute atomic E-state index is 13.4. The highest BCUT2D eigenvalue weighted by Crippen LogP contribution is 2.50. The molecule has 1 N–H and O–H groups in total. The highest BCUT2D eigenvalue weighted by atomic mass is 32.2. The molecule has 168 valence electrons. The van der Waals surface area contributed by atoms with E-state index in [0.29, 0.717) is 16.8 Å². The molecule has 2 aromatic heterocycles. The summed E-state index contributed by atoms with van der Waals surface area (Å²) in [6, 6.07) is 7.17. The highest BCUT2D eigenvalue weighted by Gasteiger charge is 2.62. The van der Waals surface area contributed by atoms with Gasteiger partial charge in [0.05, 0.1) is 18.3 Å². The van der Waals surface area contributed by atoms with Crippen molar-refractivity contribution in [3.8, 4) is 16.9 Å². The number of aromatic nitrogens is 3. The molecule has 2 unspecified atom stereocenters. The quantitative estimate of drug-likeness (QED) is 0.627. The minimum Gasteiger partial charge on any atom is -0.488 e. The first-order chi connectivity index (χ1) is 15.8. The van der Waals surface area contributed by atoms with Crippen LogP contribution in [0, 0.1) is 5.92 Å². The van der Waals surface area contributed by atoms with Crippen molar-refractivity contribution in [1.82, 2.24) is 19.5 Å². The Morgan fingerprint density at radius 2 is 2.06 bits per heavy atom. The molecule has 4 heterocycles. The number of anilines is 1. The second kappa shape index (κ2) is 6.91. The molecule has 1 aromatic carbocycles. The molecule has 0 radical (unpaired) electrons. The number of fused-ring (bicyclic) bond motifs is 2. The molecule has 2 atom stereocenters. The molecule has 12 heteroatoms. The minimum atomic E-state index is -2.94. The standard InChI is InChI=1S/C21H15F2N5O4S/c22-21(23)8-14(21)20(30)27-3-4-32-16-6-12(9-24-19(16)27)11-1-2-15-13(5-11)10-25-28(15)18-7-17(29)26-33(18)31/h1-2,5-7,9-10,14H,3-4,8H2,(H,26,29). The second-order valence-corrected chi connectivity index (χ2v) is 9.11. The van der Waals surface area contributed by atoms with E-state index in [4.69, 9.17) is 4.74 Å². The number of carbonyl (C=O) groups is 2. The van der Waals surface area contributed by atoms with Crippen molar-refractivity contribution in [1.29, 1.82) is 0 Å². The van der Waals surface area contributed by atoms with Crippen LogP contribution >= 0.6 is 0 Å². The Bertz CT molecular complexity index is 1420. The van der Waals surface area contributed by atoms with Crippen molar-refractivity contribution in [3.05, 3.63) is 42.7 Å². The van der Waals surface area contributed by atoms with Gasteiger partial charge in [0, 0.05) is 29.6 Å². The van der Waals surface area contributed by atoms with Gasteiger partial charge in [-0.15, -0.1) is 0 Å². The van der Waals surface area contributed by atoms with Crippen LogP contribution in [-0.2, 0) is 20.6 Å². The molecule has 9 nitrogen and oxygen atoms in total. The molecule has 0 spiro atoms. The number of hydrogen-bond acceptors (Lipinski definition) is 6. The molecule has 2 aliphatic heterocycles. The Hall–Kier alpha value is -3.67. The van der Waals surface area contributed by atoms with Gasteiger partial charge < -0.3 is 4.74 Å². The van der Waals surface area contributed by atoms with Crippen molar-refractivity contribution < 1.29 is 27.3 Å². The van der Waals surface area contributed by atoms with Crippen LogP contribution in [0.15, 0.2) is 42.7 Å². The van der Waals surface area contributed by atoms with Crippen molar-refractivity contribution in [2.75, 3.05) is 18.1 Å². The number of nitrogens with one attached hydrogen (secondary N) is 1. The second-order valence-electron chi connectivity index (χ2n) is 7.95. The van der Waals surface area contributed by atoms with Crippen LogP contribution in [0.1, 0.15) is 6.42 Å². The fourth-order valence-electron chi connectivity index (χ4n) is 4.01. The molecule has 6 rings (SSSR count). The average Bonchev–Trinajstić information content (AvgIpc) is 3.09. The Labute approximate surface area is 187 Å². The maximum Gasteiger partial charge on any atom is 0.260 e. The smallest absolute Gasteiger partial charge is 0.260 e. The van der Waals surface area contributed by atoms with Gasteiger partial charge in [-0.1, -0.05) is 6.07 Å². The van der Waals surface area contributed by atoms with Gasteiger partial charge in [0.2, 0.25) is 5.91 Å². The lowest BCUT2D eigenvalue weighted by atomic mass is 10.1. The molecule has 1 aliphatic carbocycles. The van der Waals surface area contributed by atoms with E-state index >= 15 is 0 Å². The van der Waals surface area contributed by atoms with E-state index in [1.807, 2.05) is 12.1 Å². The molecule has 1 saturated carbocycles. The van der Waals surface area contributed by atoms with E-state index in [1.165, 1.54) is 15.7 Å². The summed E-state index contributed by atoms with van der Waals surface area (Å²) in [6.07, 6.45) is 3.96. The lowest BCUT2D eigenvalue weighted by Crippen LogP contribution is -2.40. The number of alkyl halides is 2. The molecule has 33 heavy (non-hydrogen) atoms. The van der Waals surface area contributed by atoms with Crippen molar-refractivity contribution in [2.45, 2.75) is 12.3 Å². The summed E-state index contributed by atoms with van der Waals surface area (Å²) < 4.78 is 48.2. The highest BCUT2D eigenvalue weighted by molar-refractivity contribution is 7.93. The van der Waals surface area contributed by atoms with Crippen LogP contribution < -0.4 is 14.4 Å². The predicted molar refractivity (Wildman–Crippen MR) is 114 cm³/mol. The molecule has 0 bridgehead atoms. The van der Waals surface area contributed by atoms with E-state index in [0.717, 1.165) is 10.9 Å². The minimum absolute atomic E-state index is 0.171. The first kappa shape index (κ1) is 20.0. The molecule has 3 aromatic rings. The van der Waals surface area contributed by atoms with Crippen LogP contribution in [0.4, 0.5) is 14.6 Å². The monoisotopic (exact) mass is 471 g/mol. The number of amides is 2. The van der Waals surface area contributed by atoms with Crippen LogP contribution in [0.3, 0.4) is 0 Å². The van der Waals surface area contributed by atoms with Gasteiger partial charge in [0.15, 0.2) is 27.6 Å². The number of rotatable bonds is 3. The first-order valence-corrected chi connectivity index (χ1v) is 11.2. The van der Waals surface area contributed by atoms with E-state index in [9.17, 15) is 22.6 Å². The van der Waals surface area contributed by atoms with E-state index < -0.39 is 41.1 Å². The van der Waals surface area contributed by atoms with E-state index in [-0.39, 0.29) is 24.0 Å². The average molecular weight is 471 g/mol. The Balaban J connectivity index is 1.32. The lowest BCUT2D eigenvalue weighted by molar-refractivity contribution is -0.122. The van der Waals surface area contributed by atoms with Crippen LogP contribution in [0.2, 0.25) is 0 Å². The maximum atomic E-state index is 13.4. The zero-order valence-corrected chi connectivity index (χ0v) is 17.6. The van der Waals surface area contributed by atoms with Crippen molar-refractivity contribution in [3.63, 3.8) is 0 Å². The molecule has 0 saturated heterocycles. The van der Waals surface area contributed by atoms with Gasteiger partial charge in [0.1, 0.15) is 12.5 Å². The third kappa shape index (κ3) is 3.20. The number of nitrogens with zero attached hydrogens (tertiary/aromatic N) is 4. The molecule has 1 fully saturated rings. The topological polar surface area (TPSA) is 106 Å². The molecule has 2 amide bonds. The fraction of sp³-hybridized carbons (Fsp3) is 0.238. The van der Waals surface area contributed by atoms with Gasteiger partial charge >= 0.3 is 0 Å². The van der Waals surface area contributed by atoms with Crippen LogP contribution in [0.25, 0.3) is 27.1 Å². The third-order valence-corrected chi connectivity index (χ3v) is 6.86. The van der Waals surface area contributed by atoms with Crippen molar-refractivity contribution >= 4 is 44.5 Å². The normalized spacial score (nSPS) is 23.0. The van der Waals surface area contributed by atoms with Gasteiger partial charge in [-0.3, -0.25) is 19.2 Å². The summed E-state index contributed by atoms with van der Waals surface area (Å²) in [7, 11) is -1.67. The van der Waals surface area contributed by atoms with Crippen LogP contribution in [0.5, 0.6) is 5.75 Å². The van der Waals surface area contributed by atoms with Gasteiger partial charge in [-0.2, -0.15) is 5.10 Å². The number of halogens is 2. The zero-order valence-electron chi connectivity index (χ0n) is 16.8. The lowest BCUT2D eigenvalue weighted by Gasteiger charge is -2.28.